The van der Waals surface area contributed by atoms with E-state index >= 15 is 0 Å². The van der Waals surface area contributed by atoms with Gasteiger partial charge in [-0.1, -0.05) is 60.1 Å². The van der Waals surface area contributed by atoms with Crippen LogP contribution in [0.2, 0.25) is 10.0 Å². The average molecular weight is 596 g/mol. The van der Waals surface area contributed by atoms with Crippen LogP contribution in [0.15, 0.2) is 75.8 Å². The van der Waals surface area contributed by atoms with Crippen LogP contribution in [0.5, 0.6) is 11.5 Å². The molecule has 0 fully saturated rings. The normalized spacial score (nSPS) is 11.4. The molecule has 0 saturated heterocycles. The Kier molecular flexibility index (Phi) is 10.0. The standard InChI is InChI=1S/C26H21Cl2N3O6S.Na/c1-3-14-11-23(38(34,35)36)19(28)13-21(14)30-31-24-17-7-5-4-6-15(17)10-18(25(24)32)26(33)29-20-9-8-16(27)12-22(20)37-2;/h4-13,32H,3H2,1-2H3,(H,29,33)(H,34,35,36);/q;+1/p-1. The number of aryl methyl sites for hydroxylation is 1. The summed E-state index contributed by atoms with van der Waals surface area (Å²) >= 11 is 12.0. The summed E-state index contributed by atoms with van der Waals surface area (Å²) in [5.41, 5.74) is 0.678. The van der Waals surface area contributed by atoms with Gasteiger partial charge >= 0.3 is 29.6 Å². The van der Waals surface area contributed by atoms with E-state index < -0.39 is 26.7 Å². The van der Waals surface area contributed by atoms with Gasteiger partial charge in [-0.05, 0) is 47.7 Å². The first kappa shape index (κ1) is 30.8. The Morgan fingerprint density at radius 3 is 2.46 bits per heavy atom. The molecule has 0 saturated carbocycles. The van der Waals surface area contributed by atoms with Crippen molar-refractivity contribution in [2.45, 2.75) is 18.2 Å². The Morgan fingerprint density at radius 1 is 1.08 bits per heavy atom. The molecule has 0 aliphatic carbocycles. The average Bonchev–Trinajstić information content (AvgIpc) is 2.88. The quantitative estimate of drug-likeness (QED) is 0.189. The van der Waals surface area contributed by atoms with Crippen molar-refractivity contribution in [1.29, 1.82) is 0 Å². The van der Waals surface area contributed by atoms with Crippen LogP contribution in [0.1, 0.15) is 22.8 Å². The van der Waals surface area contributed by atoms with E-state index in [1.54, 1.807) is 43.3 Å². The van der Waals surface area contributed by atoms with E-state index in [0.29, 0.717) is 39.2 Å². The fourth-order valence-electron chi connectivity index (χ4n) is 3.80. The van der Waals surface area contributed by atoms with Gasteiger partial charge in [0.05, 0.1) is 29.2 Å². The van der Waals surface area contributed by atoms with Gasteiger partial charge in [0.15, 0.2) is 0 Å². The van der Waals surface area contributed by atoms with Gasteiger partial charge in [-0.15, -0.1) is 0 Å². The van der Waals surface area contributed by atoms with Crippen LogP contribution in [0.4, 0.5) is 17.1 Å². The second-order valence-electron chi connectivity index (χ2n) is 8.06. The Balaban J connectivity index is 0.00000420. The zero-order valence-electron chi connectivity index (χ0n) is 21.0. The number of benzene rings is 4. The van der Waals surface area contributed by atoms with Crippen molar-refractivity contribution >= 4 is 67.1 Å². The number of methoxy groups -OCH3 is 1. The molecular weight excluding hydrogens is 576 g/mol. The van der Waals surface area contributed by atoms with Crippen molar-refractivity contribution in [2.24, 2.45) is 10.2 Å². The number of amides is 1. The summed E-state index contributed by atoms with van der Waals surface area (Å²) in [6.07, 6.45) is 0.338. The number of ether oxygens (including phenoxy) is 1. The Labute approximate surface area is 256 Å². The van der Waals surface area contributed by atoms with E-state index in [1.165, 1.54) is 31.4 Å². The molecule has 0 radical (unpaired) electrons. The number of carbonyl (C=O) groups excluding carboxylic acids is 1. The summed E-state index contributed by atoms with van der Waals surface area (Å²) in [5.74, 6) is -1.04. The number of azo groups is 1. The monoisotopic (exact) mass is 595 g/mol. The number of halogens is 2. The first-order valence-electron chi connectivity index (χ1n) is 11.1. The Bertz CT molecular complexity index is 1710. The van der Waals surface area contributed by atoms with Crippen LogP contribution in [-0.2, 0) is 16.5 Å². The number of fused-ring (bicyclic) bond motifs is 1. The van der Waals surface area contributed by atoms with Crippen LogP contribution < -0.4 is 44.7 Å². The van der Waals surface area contributed by atoms with Crippen molar-refractivity contribution in [3.05, 3.63) is 81.8 Å². The van der Waals surface area contributed by atoms with E-state index in [9.17, 15) is 22.9 Å². The molecule has 196 valence electrons. The second-order valence-corrected chi connectivity index (χ2v) is 10.3. The molecule has 0 heterocycles. The van der Waals surface area contributed by atoms with Crippen molar-refractivity contribution in [1.82, 2.24) is 0 Å². The molecule has 0 unspecified atom stereocenters. The SMILES string of the molecule is CCc1cc(S(=O)(=O)O)c(Cl)cc1N=Nc1c([O-])c(C(=O)Nc2ccc(Cl)cc2OC)cc2ccccc12.[Na+]. The number of nitrogens with zero attached hydrogens (tertiary/aromatic N) is 2. The van der Waals surface area contributed by atoms with Gasteiger partial charge in [-0.25, -0.2) is 0 Å². The minimum atomic E-state index is -4.55. The Hall–Kier alpha value is -2.70. The van der Waals surface area contributed by atoms with Crippen molar-refractivity contribution in [3.8, 4) is 11.5 Å². The topological polar surface area (TPSA) is 140 Å². The predicted octanol–water partition coefficient (Wildman–Crippen LogP) is 3.71. The van der Waals surface area contributed by atoms with Crippen LogP contribution in [-0.4, -0.2) is 26.0 Å². The van der Waals surface area contributed by atoms with Gasteiger partial charge in [-0.2, -0.15) is 18.6 Å². The fraction of sp³-hybridized carbons (Fsp3) is 0.115. The molecule has 39 heavy (non-hydrogen) atoms. The molecule has 0 atom stereocenters. The minimum Gasteiger partial charge on any atom is -0.870 e. The van der Waals surface area contributed by atoms with Crippen LogP contribution in [0.25, 0.3) is 10.8 Å². The molecule has 0 aliphatic heterocycles. The Morgan fingerprint density at radius 2 is 1.79 bits per heavy atom. The third-order valence-electron chi connectivity index (χ3n) is 5.68. The second kappa shape index (κ2) is 12.6. The maximum absolute atomic E-state index is 13.4. The van der Waals surface area contributed by atoms with Crippen LogP contribution >= 0.6 is 23.2 Å². The smallest absolute Gasteiger partial charge is 0.870 e. The molecule has 4 aromatic rings. The maximum atomic E-state index is 13.4. The van der Waals surface area contributed by atoms with E-state index in [1.807, 2.05) is 0 Å². The zero-order valence-corrected chi connectivity index (χ0v) is 25.4. The molecule has 0 bridgehead atoms. The van der Waals surface area contributed by atoms with Crippen molar-refractivity contribution in [3.63, 3.8) is 0 Å². The molecule has 4 aromatic carbocycles. The van der Waals surface area contributed by atoms with Gasteiger partial charge in [0, 0.05) is 22.0 Å². The fourth-order valence-corrected chi connectivity index (χ4v) is 5.01. The van der Waals surface area contributed by atoms with Crippen molar-refractivity contribution in [2.75, 3.05) is 12.4 Å². The maximum Gasteiger partial charge on any atom is 1.00 e. The predicted molar refractivity (Wildman–Crippen MR) is 144 cm³/mol. The molecule has 0 aliphatic rings. The van der Waals surface area contributed by atoms with Crippen LogP contribution in [0, 0.1) is 0 Å². The third kappa shape index (κ3) is 6.72. The number of hydrogen-bond donors (Lipinski definition) is 2. The number of rotatable bonds is 7. The molecular formula is C26H20Cl2N3NaO6S. The minimum absolute atomic E-state index is 0. The number of nitrogens with one attached hydrogen (secondary N) is 1. The van der Waals surface area contributed by atoms with Gasteiger partial charge in [-0.3, -0.25) is 9.35 Å². The van der Waals surface area contributed by atoms with E-state index in [2.05, 4.69) is 15.5 Å². The van der Waals surface area contributed by atoms with E-state index in [-0.39, 0.29) is 51.5 Å². The third-order valence-corrected chi connectivity index (χ3v) is 7.23. The summed E-state index contributed by atoms with van der Waals surface area (Å²) in [4.78, 5) is 12.7. The zero-order chi connectivity index (χ0) is 27.6. The summed E-state index contributed by atoms with van der Waals surface area (Å²) in [6, 6.07) is 15.4. The largest absolute Gasteiger partial charge is 1.00 e. The summed E-state index contributed by atoms with van der Waals surface area (Å²) in [7, 11) is -3.12. The molecule has 13 heteroatoms. The number of anilines is 1. The molecule has 0 aromatic heterocycles. The molecule has 9 nitrogen and oxygen atoms in total. The van der Waals surface area contributed by atoms with Crippen molar-refractivity contribution < 1.29 is 57.2 Å². The molecule has 4 rings (SSSR count). The summed E-state index contributed by atoms with van der Waals surface area (Å²) in [6.45, 7) is 1.75. The number of carbonyl (C=O) groups is 1. The van der Waals surface area contributed by atoms with Crippen LogP contribution in [0.3, 0.4) is 0 Å². The molecule has 1 amide bonds. The van der Waals surface area contributed by atoms with Gasteiger partial charge in [0.1, 0.15) is 10.6 Å². The van der Waals surface area contributed by atoms with E-state index in [4.69, 9.17) is 27.9 Å². The first-order chi connectivity index (χ1) is 18.0. The van der Waals surface area contributed by atoms with Gasteiger partial charge < -0.3 is 15.2 Å². The number of hydrogen-bond acceptors (Lipinski definition) is 7. The molecule has 2 N–H and O–H groups in total. The molecule has 0 spiro atoms. The first-order valence-corrected chi connectivity index (χ1v) is 13.3. The van der Waals surface area contributed by atoms with E-state index in [0.717, 1.165) is 0 Å². The summed E-state index contributed by atoms with van der Waals surface area (Å²) in [5, 5.41) is 25.6. The summed E-state index contributed by atoms with van der Waals surface area (Å²) < 4.78 is 37.9. The van der Waals surface area contributed by atoms with Gasteiger partial charge in [0.2, 0.25) is 0 Å². The van der Waals surface area contributed by atoms with Gasteiger partial charge in [0.25, 0.3) is 16.0 Å².